The number of phenols is 1. The third-order valence-corrected chi connectivity index (χ3v) is 10.1. The number of phenolic OH excluding ortho intramolecular Hbond substituents is 1. The van der Waals surface area contributed by atoms with Crippen molar-refractivity contribution >= 4 is 29.8 Å². The standard InChI is InChI=1S/C35H37NO15/c1-17(37)47-23(32(44)51-28(18-6-4-3-5-7-18)33(45)49-22(31(42)43)15-25(39)40)16-26(41)48-21-10-11-35(46)24-14-19-8-9-20(38)29-27(19)34(35,30(21)50-29)12-13-36(24)2/h3-10,22-24,28,30,32,38,44,46H,11-16H2,1-2H3,(H,39,40)(H,42,43)/t22-,23-,24+,28-,30-,32?,34?,35+/m0/s1. The maximum absolute atomic E-state index is 13.5. The van der Waals surface area contributed by atoms with Crippen LogP contribution in [-0.4, -0.2) is 110 Å². The minimum Gasteiger partial charge on any atom is -0.504 e. The molecule has 6 rings (SSSR count). The van der Waals surface area contributed by atoms with E-state index in [1.165, 1.54) is 30.3 Å². The molecule has 2 heterocycles. The number of esters is 3. The van der Waals surface area contributed by atoms with Gasteiger partial charge in [-0.3, -0.25) is 14.4 Å². The van der Waals surface area contributed by atoms with Crippen LogP contribution in [0.5, 0.6) is 11.5 Å². The monoisotopic (exact) mass is 711 g/mol. The van der Waals surface area contributed by atoms with Crippen molar-refractivity contribution in [2.24, 2.45) is 0 Å². The fourth-order valence-corrected chi connectivity index (χ4v) is 7.85. The number of nitrogens with zero attached hydrogens (tertiary/aromatic N) is 1. The maximum Gasteiger partial charge on any atom is 0.345 e. The minimum absolute atomic E-state index is 0.0531. The van der Waals surface area contributed by atoms with Gasteiger partial charge in [-0.2, -0.15) is 0 Å². The highest BCUT2D eigenvalue weighted by Crippen LogP contribution is 2.65. The minimum atomic E-state index is -2.19. The number of rotatable bonds is 13. The largest absolute Gasteiger partial charge is 0.504 e. The third kappa shape index (κ3) is 6.28. The average molecular weight is 712 g/mol. The molecule has 0 saturated carbocycles. The molecule has 8 atom stereocenters. The number of carboxylic acid groups (broad SMARTS) is 2. The molecule has 16 heteroatoms. The quantitative estimate of drug-likeness (QED) is 0.111. The summed E-state index contributed by atoms with van der Waals surface area (Å²) in [6.45, 7) is 1.60. The number of piperidine rings is 1. The zero-order chi connectivity index (χ0) is 36.8. The van der Waals surface area contributed by atoms with Gasteiger partial charge >= 0.3 is 29.8 Å². The van der Waals surface area contributed by atoms with Crippen molar-refractivity contribution in [1.29, 1.82) is 0 Å². The average Bonchev–Trinajstić information content (AvgIpc) is 3.43. The lowest BCUT2D eigenvalue weighted by Crippen LogP contribution is -2.74. The Labute approximate surface area is 290 Å². The number of aliphatic hydroxyl groups is 2. The van der Waals surface area contributed by atoms with Crippen LogP contribution in [0.3, 0.4) is 0 Å². The van der Waals surface area contributed by atoms with E-state index in [-0.39, 0.29) is 35.3 Å². The Morgan fingerprint density at radius 1 is 1.04 bits per heavy atom. The topological polar surface area (TPSA) is 236 Å². The molecule has 272 valence electrons. The summed E-state index contributed by atoms with van der Waals surface area (Å²) in [5.74, 6) is -6.47. The van der Waals surface area contributed by atoms with Crippen molar-refractivity contribution in [3.63, 3.8) is 0 Å². The van der Waals surface area contributed by atoms with Crippen molar-refractivity contribution in [2.45, 2.75) is 86.8 Å². The molecule has 1 spiro atoms. The number of carboxylic acids is 2. The Kier molecular flexibility index (Phi) is 9.54. The number of aromatic hydroxyl groups is 1. The molecule has 2 aromatic carbocycles. The van der Waals surface area contributed by atoms with Gasteiger partial charge in [0, 0.05) is 24.9 Å². The second-order valence-electron chi connectivity index (χ2n) is 13.1. The number of hydrogen-bond donors (Lipinski definition) is 5. The summed E-state index contributed by atoms with van der Waals surface area (Å²) in [4.78, 5) is 63.5. The maximum atomic E-state index is 13.5. The molecule has 2 aliphatic heterocycles. The Bertz CT molecular complexity index is 1780. The number of likely N-dealkylation sites (tertiary alicyclic amines) is 1. The summed E-state index contributed by atoms with van der Waals surface area (Å²) >= 11 is 0. The first-order valence-electron chi connectivity index (χ1n) is 16.2. The molecule has 2 aliphatic carbocycles. The summed E-state index contributed by atoms with van der Waals surface area (Å²) in [6, 6.07) is 10.4. The molecule has 0 radical (unpaired) electrons. The van der Waals surface area contributed by atoms with E-state index < -0.39 is 84.4 Å². The van der Waals surface area contributed by atoms with Crippen molar-refractivity contribution in [1.82, 2.24) is 4.90 Å². The number of carbonyl (C=O) groups excluding carboxylic acids is 3. The number of likely N-dealkylation sites (N-methyl/N-ethyl adjacent to an activating group) is 1. The molecule has 51 heavy (non-hydrogen) atoms. The van der Waals surface area contributed by atoms with Crippen molar-refractivity contribution in [3.05, 3.63) is 71.0 Å². The second kappa shape index (κ2) is 13.6. The molecule has 2 aromatic rings. The lowest BCUT2D eigenvalue weighted by Gasteiger charge is -2.61. The van der Waals surface area contributed by atoms with E-state index in [2.05, 4.69) is 4.90 Å². The zero-order valence-electron chi connectivity index (χ0n) is 27.6. The molecule has 0 amide bonds. The number of hydrogen-bond acceptors (Lipinski definition) is 14. The summed E-state index contributed by atoms with van der Waals surface area (Å²) in [5, 5.41) is 52.6. The smallest absolute Gasteiger partial charge is 0.345 e. The number of ether oxygens (including phenoxy) is 5. The summed E-state index contributed by atoms with van der Waals surface area (Å²) in [6.07, 6.45) is -8.16. The van der Waals surface area contributed by atoms with E-state index in [0.29, 0.717) is 24.9 Å². The molecule has 1 saturated heterocycles. The third-order valence-electron chi connectivity index (χ3n) is 10.1. The zero-order valence-corrected chi connectivity index (χ0v) is 27.6. The van der Waals surface area contributed by atoms with E-state index in [1.807, 2.05) is 7.05 Å². The van der Waals surface area contributed by atoms with Crippen LogP contribution in [0.4, 0.5) is 0 Å². The molecular formula is C35H37NO15. The summed E-state index contributed by atoms with van der Waals surface area (Å²) in [5.41, 5.74) is -0.726. The van der Waals surface area contributed by atoms with Gasteiger partial charge in [-0.25, -0.2) is 9.59 Å². The predicted octanol–water partition coefficient (Wildman–Crippen LogP) is 1.08. The van der Waals surface area contributed by atoms with Gasteiger partial charge in [-0.15, -0.1) is 0 Å². The molecule has 2 bridgehead atoms. The van der Waals surface area contributed by atoms with E-state index in [1.54, 1.807) is 18.2 Å². The van der Waals surface area contributed by atoms with Gasteiger partial charge in [0.25, 0.3) is 0 Å². The van der Waals surface area contributed by atoms with Crippen LogP contribution in [0.15, 0.2) is 54.3 Å². The van der Waals surface area contributed by atoms with Gasteiger partial charge in [0.05, 0.1) is 23.9 Å². The number of benzene rings is 2. The second-order valence-corrected chi connectivity index (χ2v) is 13.1. The highest BCUT2D eigenvalue weighted by molar-refractivity contribution is 5.84. The highest BCUT2D eigenvalue weighted by atomic mass is 16.7. The lowest BCUT2D eigenvalue weighted by atomic mass is 9.50. The van der Waals surface area contributed by atoms with Gasteiger partial charge in [0.1, 0.15) is 5.76 Å². The fourth-order valence-electron chi connectivity index (χ4n) is 7.85. The van der Waals surface area contributed by atoms with Crippen LogP contribution >= 0.6 is 0 Å². The van der Waals surface area contributed by atoms with Crippen molar-refractivity contribution < 1.29 is 73.2 Å². The van der Waals surface area contributed by atoms with Gasteiger partial charge in [-0.05, 0) is 49.7 Å². The lowest BCUT2D eigenvalue weighted by molar-refractivity contribution is -0.219. The highest BCUT2D eigenvalue weighted by Gasteiger charge is 2.72. The number of aliphatic carboxylic acids is 2. The Morgan fingerprint density at radius 3 is 2.43 bits per heavy atom. The van der Waals surface area contributed by atoms with E-state index in [0.717, 1.165) is 12.5 Å². The van der Waals surface area contributed by atoms with Gasteiger partial charge in [0.15, 0.2) is 36.1 Å². The van der Waals surface area contributed by atoms with Crippen LogP contribution in [0.25, 0.3) is 0 Å². The predicted molar refractivity (Wildman–Crippen MR) is 169 cm³/mol. The Morgan fingerprint density at radius 2 is 1.76 bits per heavy atom. The molecule has 0 aromatic heterocycles. The van der Waals surface area contributed by atoms with Gasteiger partial charge in [-0.1, -0.05) is 36.4 Å². The summed E-state index contributed by atoms with van der Waals surface area (Å²) in [7, 11) is 1.93. The molecule has 4 aliphatic rings. The van der Waals surface area contributed by atoms with Gasteiger partial charge < -0.3 is 54.1 Å². The van der Waals surface area contributed by atoms with Crippen LogP contribution < -0.4 is 4.74 Å². The van der Waals surface area contributed by atoms with Gasteiger partial charge in [0.2, 0.25) is 6.10 Å². The molecule has 16 nitrogen and oxygen atoms in total. The number of aliphatic hydroxyl groups excluding tert-OH is 1. The number of carbonyl (C=O) groups is 5. The van der Waals surface area contributed by atoms with Crippen LogP contribution in [0.1, 0.15) is 55.4 Å². The van der Waals surface area contributed by atoms with Crippen molar-refractivity contribution in [2.75, 3.05) is 13.6 Å². The van der Waals surface area contributed by atoms with Crippen LogP contribution in [0.2, 0.25) is 0 Å². The Balaban J connectivity index is 1.23. The van der Waals surface area contributed by atoms with E-state index in [9.17, 15) is 44.4 Å². The van der Waals surface area contributed by atoms with E-state index in [4.69, 9.17) is 28.8 Å². The first-order valence-corrected chi connectivity index (χ1v) is 16.2. The first kappa shape index (κ1) is 35.8. The SMILES string of the molecule is CC(=O)O[C@@H](CC(=O)OC1=CC[C@@]2(O)[C@H]3Cc4ccc(O)c5c4C2(CCN3C)[C@H]1O5)C(O)O[C@H](C(=O)O[C@@H](CC(=O)O)C(=O)O)c1ccccc1. The summed E-state index contributed by atoms with van der Waals surface area (Å²) < 4.78 is 27.7. The molecule has 1 fully saturated rings. The first-order chi connectivity index (χ1) is 24.2. The molecule has 5 N–H and O–H groups in total. The van der Waals surface area contributed by atoms with Crippen molar-refractivity contribution in [3.8, 4) is 11.5 Å². The molecule has 2 unspecified atom stereocenters. The van der Waals surface area contributed by atoms with E-state index >= 15 is 0 Å². The molecular weight excluding hydrogens is 674 g/mol. The Hall–Kier alpha value is -5.03. The van der Waals surface area contributed by atoms with Crippen LogP contribution in [-0.2, 0) is 54.8 Å². The normalized spacial score (nSPS) is 26.6. The fraction of sp³-hybridized carbons (Fsp3) is 0.457. The van der Waals surface area contributed by atoms with Crippen LogP contribution in [0, 0.1) is 0 Å².